The van der Waals surface area contributed by atoms with Gasteiger partial charge in [0.05, 0.1) is 17.8 Å². The number of carbonyl (C=O) groups excluding carboxylic acids is 1. The Morgan fingerprint density at radius 1 is 1.29 bits per heavy atom. The maximum atomic E-state index is 12.5. The Hall–Kier alpha value is -2.20. The molecule has 10 heteroatoms. The third kappa shape index (κ3) is 4.01. The maximum Gasteiger partial charge on any atom is 0.311 e. The minimum absolute atomic E-state index is 0.112. The Labute approximate surface area is 140 Å². The molecule has 0 atom stereocenters. The Balaban J connectivity index is 2.16. The lowest BCUT2D eigenvalue weighted by atomic mass is 10.1. The summed E-state index contributed by atoms with van der Waals surface area (Å²) in [6, 6.07) is 4.07. The van der Waals surface area contributed by atoms with Gasteiger partial charge < -0.3 is 9.64 Å². The van der Waals surface area contributed by atoms with Crippen molar-refractivity contribution in [3.63, 3.8) is 0 Å². The van der Waals surface area contributed by atoms with Crippen LogP contribution in [0.25, 0.3) is 0 Å². The van der Waals surface area contributed by atoms with Crippen molar-refractivity contribution in [2.24, 2.45) is 0 Å². The van der Waals surface area contributed by atoms with Crippen LogP contribution in [0.5, 0.6) is 5.75 Å². The van der Waals surface area contributed by atoms with Crippen molar-refractivity contribution >= 4 is 21.6 Å². The van der Waals surface area contributed by atoms with Crippen LogP contribution >= 0.6 is 0 Å². The number of ether oxygens (including phenoxy) is 1. The van der Waals surface area contributed by atoms with Crippen molar-refractivity contribution in [2.75, 3.05) is 39.0 Å². The summed E-state index contributed by atoms with van der Waals surface area (Å²) in [5.74, 6) is -0.254. The molecule has 1 aromatic rings. The van der Waals surface area contributed by atoms with Gasteiger partial charge >= 0.3 is 5.69 Å². The molecule has 1 aliphatic heterocycles. The number of piperazine rings is 1. The first-order valence-electron chi connectivity index (χ1n) is 7.39. The lowest BCUT2D eigenvalue weighted by molar-refractivity contribution is -0.385. The van der Waals surface area contributed by atoms with Gasteiger partial charge in [-0.3, -0.25) is 14.9 Å². The maximum absolute atomic E-state index is 12.5. The summed E-state index contributed by atoms with van der Waals surface area (Å²) >= 11 is 0. The topological polar surface area (TPSA) is 110 Å². The summed E-state index contributed by atoms with van der Waals surface area (Å²) in [6.07, 6.45) is 1.13. The van der Waals surface area contributed by atoms with E-state index in [-0.39, 0.29) is 55.7 Å². The predicted octanol–water partition coefficient (Wildman–Crippen LogP) is 0.711. The number of sulfonamides is 1. The first-order chi connectivity index (χ1) is 11.2. The molecule has 1 saturated heterocycles. The molecular weight excluding hydrogens is 338 g/mol. The van der Waals surface area contributed by atoms with Crippen molar-refractivity contribution in [1.82, 2.24) is 9.21 Å². The largest absolute Gasteiger partial charge is 0.487 e. The molecule has 0 unspecified atom stereocenters. The zero-order valence-electron chi connectivity index (χ0n) is 13.5. The van der Waals surface area contributed by atoms with Crippen molar-refractivity contribution < 1.29 is 22.9 Å². The van der Waals surface area contributed by atoms with Gasteiger partial charge in [-0.2, -0.15) is 4.31 Å². The van der Waals surface area contributed by atoms with Gasteiger partial charge in [-0.05, 0) is 19.1 Å². The van der Waals surface area contributed by atoms with E-state index in [0.29, 0.717) is 0 Å². The van der Waals surface area contributed by atoms with E-state index in [9.17, 15) is 23.3 Å². The van der Waals surface area contributed by atoms with Crippen LogP contribution < -0.4 is 4.74 Å². The van der Waals surface area contributed by atoms with E-state index in [0.717, 1.165) is 6.26 Å². The number of amides is 1. The quantitative estimate of drug-likeness (QED) is 0.567. The minimum atomic E-state index is -3.28. The molecule has 1 fully saturated rings. The third-order valence-electron chi connectivity index (χ3n) is 3.70. The van der Waals surface area contributed by atoms with Crippen molar-refractivity contribution in [3.05, 3.63) is 33.9 Å². The monoisotopic (exact) mass is 357 g/mol. The molecule has 0 saturated carbocycles. The molecule has 2 rings (SSSR count). The molecule has 9 nitrogen and oxygen atoms in total. The Kier molecular flexibility index (Phi) is 5.40. The zero-order chi connectivity index (χ0) is 17.9. The molecule has 0 aliphatic carbocycles. The average molecular weight is 357 g/mol. The van der Waals surface area contributed by atoms with Crippen LogP contribution in [-0.2, 0) is 10.0 Å². The Morgan fingerprint density at radius 2 is 1.92 bits per heavy atom. The second-order valence-electron chi connectivity index (χ2n) is 5.33. The summed E-state index contributed by atoms with van der Waals surface area (Å²) < 4.78 is 29.5. The lowest BCUT2D eigenvalue weighted by Crippen LogP contribution is -2.50. The average Bonchev–Trinajstić information content (AvgIpc) is 2.54. The SMILES string of the molecule is CCOc1ccc(C(=O)N2CCN(S(C)(=O)=O)CC2)cc1[N+](=O)[O-]. The van der Waals surface area contributed by atoms with Crippen LogP contribution in [0.2, 0.25) is 0 Å². The normalized spacial score (nSPS) is 16.0. The highest BCUT2D eigenvalue weighted by molar-refractivity contribution is 7.88. The molecule has 0 N–H and O–H groups in total. The third-order valence-corrected chi connectivity index (χ3v) is 5.00. The van der Waals surface area contributed by atoms with Gasteiger partial charge in [0.15, 0.2) is 5.75 Å². The van der Waals surface area contributed by atoms with Gasteiger partial charge in [0.1, 0.15) is 0 Å². The van der Waals surface area contributed by atoms with E-state index in [1.165, 1.54) is 27.4 Å². The smallest absolute Gasteiger partial charge is 0.311 e. The van der Waals surface area contributed by atoms with Crippen LogP contribution in [0, 0.1) is 10.1 Å². The van der Waals surface area contributed by atoms with Gasteiger partial charge in [-0.15, -0.1) is 0 Å². The fourth-order valence-corrected chi connectivity index (χ4v) is 3.30. The summed E-state index contributed by atoms with van der Waals surface area (Å²) in [4.78, 5) is 24.5. The van der Waals surface area contributed by atoms with Crippen LogP contribution in [-0.4, -0.2) is 67.5 Å². The first-order valence-corrected chi connectivity index (χ1v) is 9.24. The number of carbonyl (C=O) groups is 1. The van der Waals surface area contributed by atoms with Gasteiger partial charge in [-0.1, -0.05) is 0 Å². The molecular formula is C14H19N3O6S. The predicted molar refractivity (Wildman–Crippen MR) is 86.6 cm³/mol. The summed E-state index contributed by atoms with van der Waals surface area (Å²) in [7, 11) is -3.28. The standard InChI is InChI=1S/C14H19N3O6S/c1-3-23-13-5-4-11(10-12(13)17(19)20)14(18)15-6-8-16(9-7-15)24(2,21)22/h4-5,10H,3,6-9H2,1-2H3. The lowest BCUT2D eigenvalue weighted by Gasteiger charge is -2.33. The van der Waals surface area contributed by atoms with Crippen LogP contribution in [0.15, 0.2) is 18.2 Å². The van der Waals surface area contributed by atoms with Gasteiger partial charge in [0.2, 0.25) is 10.0 Å². The molecule has 0 radical (unpaired) electrons. The first kappa shape index (κ1) is 18.1. The van der Waals surface area contributed by atoms with E-state index >= 15 is 0 Å². The molecule has 0 spiro atoms. The van der Waals surface area contributed by atoms with Crippen molar-refractivity contribution in [2.45, 2.75) is 6.92 Å². The van der Waals surface area contributed by atoms with Crippen molar-refractivity contribution in [1.29, 1.82) is 0 Å². The fourth-order valence-electron chi connectivity index (χ4n) is 2.48. The van der Waals surface area contributed by atoms with E-state index in [1.54, 1.807) is 6.92 Å². The molecule has 1 aromatic carbocycles. The summed E-state index contributed by atoms with van der Waals surface area (Å²) in [5.41, 5.74) is -0.0876. The number of rotatable bonds is 5. The highest BCUT2D eigenvalue weighted by Gasteiger charge is 2.28. The molecule has 1 amide bonds. The minimum Gasteiger partial charge on any atom is -0.487 e. The molecule has 0 aromatic heterocycles. The second-order valence-corrected chi connectivity index (χ2v) is 7.31. The van der Waals surface area contributed by atoms with E-state index in [1.807, 2.05) is 0 Å². The van der Waals surface area contributed by atoms with Gasteiger partial charge in [-0.25, -0.2) is 8.42 Å². The number of benzene rings is 1. The van der Waals surface area contributed by atoms with Crippen molar-refractivity contribution in [3.8, 4) is 5.75 Å². The van der Waals surface area contributed by atoms with Crippen LogP contribution in [0.3, 0.4) is 0 Å². The van der Waals surface area contributed by atoms with E-state index < -0.39 is 14.9 Å². The number of hydrogen-bond acceptors (Lipinski definition) is 6. The van der Waals surface area contributed by atoms with Gasteiger partial charge in [0, 0.05) is 37.8 Å². The highest BCUT2D eigenvalue weighted by atomic mass is 32.2. The Bertz CT molecular complexity index is 741. The molecule has 1 aliphatic rings. The number of hydrogen-bond donors (Lipinski definition) is 0. The highest BCUT2D eigenvalue weighted by Crippen LogP contribution is 2.28. The Morgan fingerprint density at radius 3 is 2.42 bits per heavy atom. The molecule has 1 heterocycles. The summed E-state index contributed by atoms with van der Waals surface area (Å²) in [6.45, 7) is 2.90. The second kappa shape index (κ2) is 7.14. The molecule has 132 valence electrons. The van der Waals surface area contributed by atoms with Gasteiger partial charge in [0.25, 0.3) is 5.91 Å². The number of nitrogens with zero attached hydrogens (tertiary/aromatic N) is 3. The fraction of sp³-hybridized carbons (Fsp3) is 0.500. The van der Waals surface area contributed by atoms with Crippen LogP contribution in [0.1, 0.15) is 17.3 Å². The molecule has 0 bridgehead atoms. The zero-order valence-corrected chi connectivity index (χ0v) is 14.3. The van der Waals surface area contributed by atoms with Crippen LogP contribution in [0.4, 0.5) is 5.69 Å². The number of nitro benzene ring substituents is 1. The van der Waals surface area contributed by atoms with E-state index in [4.69, 9.17) is 4.74 Å². The summed E-state index contributed by atoms with van der Waals surface area (Å²) in [5, 5.41) is 11.1. The molecule has 24 heavy (non-hydrogen) atoms. The number of nitro groups is 1. The van der Waals surface area contributed by atoms with E-state index in [2.05, 4.69) is 0 Å².